The summed E-state index contributed by atoms with van der Waals surface area (Å²) in [5, 5.41) is 4.62. The summed E-state index contributed by atoms with van der Waals surface area (Å²) < 4.78 is 13.2. The molecule has 51 heavy (non-hydrogen) atoms. The van der Waals surface area contributed by atoms with E-state index in [9.17, 15) is 0 Å². The van der Waals surface area contributed by atoms with Gasteiger partial charge in [0.05, 0.1) is 0 Å². The maximum Gasteiger partial charge on any atom is 0.247 e. The molecule has 0 radical (unpaired) electrons. The van der Waals surface area contributed by atoms with Gasteiger partial charge in [-0.15, -0.1) is 0 Å². The maximum absolute atomic E-state index is 6.60. The lowest BCUT2D eigenvalue weighted by Gasteiger charge is -2.36. The zero-order valence-electron chi connectivity index (χ0n) is 28.4. The van der Waals surface area contributed by atoms with E-state index in [0.29, 0.717) is 0 Å². The fourth-order valence-electron chi connectivity index (χ4n) is 8.32. The van der Waals surface area contributed by atoms with E-state index >= 15 is 0 Å². The summed E-state index contributed by atoms with van der Waals surface area (Å²) in [7, 11) is 0. The number of furan rings is 2. The van der Waals surface area contributed by atoms with Crippen LogP contribution in [-0.2, 0) is 5.41 Å². The lowest BCUT2D eigenvalue weighted by atomic mass is 9.36. The highest BCUT2D eigenvalue weighted by Gasteiger charge is 2.41. The second-order valence-electron chi connectivity index (χ2n) is 14.8. The highest BCUT2D eigenvalue weighted by molar-refractivity contribution is 8.01. The molecule has 0 N–H and O–H groups in total. The fourth-order valence-corrected chi connectivity index (χ4v) is 11.1. The van der Waals surface area contributed by atoms with Gasteiger partial charge in [-0.1, -0.05) is 164 Å². The van der Waals surface area contributed by atoms with Crippen molar-refractivity contribution in [3.8, 4) is 22.3 Å². The smallest absolute Gasteiger partial charge is 0.247 e. The van der Waals surface area contributed by atoms with Gasteiger partial charge in [0.2, 0.25) is 6.71 Å². The molecule has 11 rings (SSSR count). The first kappa shape index (κ1) is 29.6. The van der Waals surface area contributed by atoms with Crippen LogP contribution in [0.5, 0.6) is 0 Å². The first-order chi connectivity index (χ1) is 24.9. The van der Waals surface area contributed by atoms with E-state index in [2.05, 4.69) is 142 Å². The zero-order chi connectivity index (χ0) is 34.0. The zero-order valence-corrected chi connectivity index (χ0v) is 30.0. The average Bonchev–Trinajstić information content (AvgIpc) is 3.73. The Hall–Kier alpha value is -5.10. The first-order valence-electron chi connectivity index (χ1n) is 17.5. The summed E-state index contributed by atoms with van der Waals surface area (Å²) >= 11 is 3.85. The summed E-state index contributed by atoms with van der Waals surface area (Å²) in [6.45, 7) is 7.07. The predicted octanol–water partition coefficient (Wildman–Crippen LogP) is 11.6. The molecule has 2 aromatic heterocycles. The van der Waals surface area contributed by atoms with Crippen LogP contribution in [0.25, 0.3) is 66.1 Å². The van der Waals surface area contributed by atoms with Crippen LogP contribution in [0.1, 0.15) is 26.3 Å². The van der Waals surface area contributed by atoms with Gasteiger partial charge in [0.15, 0.2) is 0 Å². The molecule has 0 unspecified atom stereocenters. The molecule has 2 aliphatic rings. The maximum atomic E-state index is 6.60. The second-order valence-corrected chi connectivity index (χ2v) is 16.9. The van der Waals surface area contributed by atoms with Crippen LogP contribution in [-0.4, -0.2) is 6.71 Å². The van der Waals surface area contributed by atoms with Crippen molar-refractivity contribution < 1.29 is 8.83 Å². The third kappa shape index (κ3) is 4.28. The fraction of sp³-hybridized carbons (Fsp3) is 0.0870. The molecule has 0 bridgehead atoms. The third-order valence-corrected chi connectivity index (χ3v) is 13.2. The predicted molar refractivity (Wildman–Crippen MR) is 216 cm³/mol. The Morgan fingerprint density at radius 2 is 0.902 bits per heavy atom. The van der Waals surface area contributed by atoms with Gasteiger partial charge < -0.3 is 8.83 Å². The van der Waals surface area contributed by atoms with Crippen molar-refractivity contribution >= 4 is 90.5 Å². The lowest BCUT2D eigenvalue weighted by molar-refractivity contribution is 0.587. The summed E-state index contributed by atoms with van der Waals surface area (Å²) in [4.78, 5) is 5.31. The molecule has 242 valence electrons. The van der Waals surface area contributed by atoms with Crippen molar-refractivity contribution in [1.29, 1.82) is 0 Å². The molecule has 7 aromatic carbocycles. The Balaban J connectivity index is 1.18. The first-order valence-corrected chi connectivity index (χ1v) is 19.2. The second kappa shape index (κ2) is 10.7. The van der Waals surface area contributed by atoms with Gasteiger partial charge >= 0.3 is 0 Å². The molecule has 0 amide bonds. The SMILES string of the molecule is CC(C)(C)c1cc2c3c(c1)Sc1c(cccc1-c1cccc4c1oc1ccccc14)B3c1cccc(-c3cccc4c3oc3ccccc34)c1S2. The van der Waals surface area contributed by atoms with Gasteiger partial charge in [0.1, 0.15) is 22.3 Å². The summed E-state index contributed by atoms with van der Waals surface area (Å²) in [6, 6.07) is 48.6. The van der Waals surface area contributed by atoms with E-state index in [-0.39, 0.29) is 12.1 Å². The third-order valence-electron chi connectivity index (χ3n) is 10.8. The van der Waals surface area contributed by atoms with E-state index in [1.165, 1.54) is 52.7 Å². The average molecular weight is 691 g/mol. The largest absolute Gasteiger partial charge is 0.455 e. The van der Waals surface area contributed by atoms with E-state index < -0.39 is 0 Å². The van der Waals surface area contributed by atoms with Crippen LogP contribution in [0.3, 0.4) is 0 Å². The van der Waals surface area contributed by atoms with Gasteiger partial charge in [-0.2, -0.15) is 0 Å². The van der Waals surface area contributed by atoms with Gasteiger partial charge in [0.25, 0.3) is 0 Å². The Labute approximate surface area is 304 Å². The quantitative estimate of drug-likeness (QED) is 0.169. The molecular formula is C46H31BO2S2. The molecule has 2 aliphatic heterocycles. The molecule has 0 saturated heterocycles. The minimum Gasteiger partial charge on any atom is -0.455 e. The van der Waals surface area contributed by atoms with Crippen molar-refractivity contribution in [2.45, 2.75) is 45.8 Å². The number of benzene rings is 7. The van der Waals surface area contributed by atoms with Crippen LogP contribution in [0.2, 0.25) is 0 Å². The summed E-state index contributed by atoms with van der Waals surface area (Å²) in [5.74, 6) is 0. The Morgan fingerprint density at radius 1 is 0.471 bits per heavy atom. The van der Waals surface area contributed by atoms with E-state index in [0.717, 1.165) is 55.0 Å². The van der Waals surface area contributed by atoms with Gasteiger partial charge in [-0.25, -0.2) is 0 Å². The summed E-state index contributed by atoms with van der Waals surface area (Å²) in [5.41, 5.74) is 13.9. The minimum atomic E-state index is 0.00146. The Bertz CT molecular complexity index is 2740. The van der Waals surface area contributed by atoms with Crippen LogP contribution < -0.4 is 16.4 Å². The van der Waals surface area contributed by atoms with Crippen LogP contribution >= 0.6 is 23.5 Å². The standard InChI is InChI=1S/C46H31BO2S2/c1-46(2,3)26-24-39-41-40(25-26)51-45-34(32-17-9-15-30-28-13-5-7-23-38(28)49-43(30)32)19-11-21-36(45)47(41)35-20-10-18-33(44(35)50-39)31-16-8-14-29-27-12-4-6-22-37(27)48-42(29)31/h4-25H,1-3H3. The van der Waals surface area contributed by atoms with Crippen molar-refractivity contribution in [2.75, 3.05) is 0 Å². The molecule has 5 heteroatoms. The van der Waals surface area contributed by atoms with E-state index in [1.807, 2.05) is 35.7 Å². The molecular weight excluding hydrogens is 659 g/mol. The highest BCUT2D eigenvalue weighted by Crippen LogP contribution is 2.48. The molecule has 0 aliphatic carbocycles. The highest BCUT2D eigenvalue weighted by atomic mass is 32.2. The van der Waals surface area contributed by atoms with Crippen molar-refractivity contribution in [1.82, 2.24) is 0 Å². The molecule has 0 atom stereocenters. The van der Waals surface area contributed by atoms with Crippen LogP contribution in [0.15, 0.2) is 162 Å². The number of fused-ring (bicyclic) bond motifs is 10. The Kier molecular flexibility index (Phi) is 6.22. The Morgan fingerprint density at radius 3 is 1.39 bits per heavy atom. The van der Waals surface area contributed by atoms with Gasteiger partial charge in [-0.3, -0.25) is 0 Å². The molecule has 2 nitrogen and oxygen atoms in total. The molecule has 0 saturated carbocycles. The normalized spacial score (nSPS) is 13.6. The van der Waals surface area contributed by atoms with Gasteiger partial charge in [-0.05, 0) is 51.8 Å². The molecule has 4 heterocycles. The molecule has 0 spiro atoms. The van der Waals surface area contributed by atoms with Gasteiger partial charge in [0, 0.05) is 52.3 Å². The number of hydrogen-bond donors (Lipinski definition) is 0. The number of para-hydroxylation sites is 4. The lowest BCUT2D eigenvalue weighted by Crippen LogP contribution is -2.58. The topological polar surface area (TPSA) is 26.3 Å². The van der Waals surface area contributed by atoms with Crippen molar-refractivity contribution in [2.24, 2.45) is 0 Å². The molecule has 0 fully saturated rings. The monoisotopic (exact) mass is 690 g/mol. The summed E-state index contributed by atoms with van der Waals surface area (Å²) in [6.07, 6.45) is 0. The number of rotatable bonds is 2. The van der Waals surface area contributed by atoms with Crippen LogP contribution in [0.4, 0.5) is 0 Å². The van der Waals surface area contributed by atoms with Crippen molar-refractivity contribution in [3.05, 3.63) is 139 Å². The van der Waals surface area contributed by atoms with E-state index in [4.69, 9.17) is 8.83 Å². The number of hydrogen-bond acceptors (Lipinski definition) is 4. The molecule has 9 aromatic rings. The van der Waals surface area contributed by atoms with Crippen LogP contribution in [0, 0.1) is 0 Å². The van der Waals surface area contributed by atoms with E-state index in [1.54, 1.807) is 0 Å². The minimum absolute atomic E-state index is 0.00146. The van der Waals surface area contributed by atoms with Crippen molar-refractivity contribution in [3.63, 3.8) is 0 Å².